The number of amides is 2. The summed E-state index contributed by atoms with van der Waals surface area (Å²) in [5.41, 5.74) is 0. The zero-order chi connectivity index (χ0) is 9.42. The molecule has 0 aromatic rings. The Balaban J connectivity index is 2.05. The Morgan fingerprint density at radius 2 is 2.54 bits per heavy atom. The first-order valence-electron chi connectivity index (χ1n) is 4.42. The molecule has 4 nitrogen and oxygen atoms in total. The van der Waals surface area contributed by atoms with Crippen molar-refractivity contribution in [2.24, 2.45) is 5.92 Å². The standard InChI is InChI=1S/C9H11NO3/c1-2-13-9(12)10-7-5-3-4-6(7)8(10)11/h3,5-7H,2,4H2,1H3/t6-,7+/m1/s1. The molecule has 13 heavy (non-hydrogen) atoms. The van der Waals surface area contributed by atoms with Crippen molar-refractivity contribution >= 4 is 12.0 Å². The number of imide groups is 1. The van der Waals surface area contributed by atoms with Gasteiger partial charge in [0.05, 0.1) is 18.6 Å². The SMILES string of the molecule is CCOC(=O)N1C(=O)[C@@H]2CC=C[C@@H]21. The van der Waals surface area contributed by atoms with Crippen molar-refractivity contribution in [3.05, 3.63) is 12.2 Å². The third-order valence-corrected chi connectivity index (χ3v) is 2.45. The first-order valence-corrected chi connectivity index (χ1v) is 4.42. The molecule has 0 spiro atoms. The lowest BCUT2D eigenvalue weighted by atomic mass is 9.91. The summed E-state index contributed by atoms with van der Waals surface area (Å²) in [4.78, 5) is 23.8. The number of likely N-dealkylation sites (tertiary alicyclic amines) is 1. The normalized spacial score (nSPS) is 29.9. The van der Waals surface area contributed by atoms with Gasteiger partial charge in [0.2, 0.25) is 5.91 Å². The summed E-state index contributed by atoms with van der Waals surface area (Å²) in [7, 11) is 0. The average molecular weight is 181 g/mol. The highest BCUT2D eigenvalue weighted by molar-refractivity contribution is 6.00. The number of carbonyl (C=O) groups excluding carboxylic acids is 2. The van der Waals surface area contributed by atoms with Gasteiger partial charge in [-0.3, -0.25) is 4.79 Å². The van der Waals surface area contributed by atoms with Crippen LogP contribution in [0, 0.1) is 5.92 Å². The summed E-state index contributed by atoms with van der Waals surface area (Å²) in [6.07, 6.45) is 4.08. The van der Waals surface area contributed by atoms with Crippen LogP contribution < -0.4 is 0 Å². The Hall–Kier alpha value is -1.32. The molecule has 1 aliphatic heterocycles. The van der Waals surface area contributed by atoms with Crippen LogP contribution in [0.5, 0.6) is 0 Å². The highest BCUT2D eigenvalue weighted by Crippen LogP contribution is 2.35. The Bertz CT molecular complexity index is 285. The Morgan fingerprint density at radius 3 is 3.23 bits per heavy atom. The predicted molar refractivity (Wildman–Crippen MR) is 44.9 cm³/mol. The molecular formula is C9H11NO3. The third kappa shape index (κ3) is 1.05. The molecule has 1 heterocycles. The van der Waals surface area contributed by atoms with Crippen molar-refractivity contribution in [1.29, 1.82) is 0 Å². The second kappa shape index (κ2) is 2.87. The Labute approximate surface area is 76.2 Å². The van der Waals surface area contributed by atoms with E-state index in [4.69, 9.17) is 4.74 Å². The lowest BCUT2D eigenvalue weighted by Gasteiger charge is -2.40. The molecule has 0 N–H and O–H groups in total. The molecule has 4 heteroatoms. The monoisotopic (exact) mass is 181 g/mol. The number of fused-ring (bicyclic) bond motifs is 1. The lowest BCUT2D eigenvalue weighted by Crippen LogP contribution is -2.60. The molecule has 0 unspecified atom stereocenters. The zero-order valence-electron chi connectivity index (χ0n) is 7.40. The van der Waals surface area contributed by atoms with E-state index in [0.29, 0.717) is 6.61 Å². The number of hydrogen-bond acceptors (Lipinski definition) is 3. The molecule has 2 aliphatic rings. The fourth-order valence-corrected chi connectivity index (χ4v) is 1.80. The van der Waals surface area contributed by atoms with Crippen LogP contribution in [0.4, 0.5) is 4.79 Å². The molecule has 70 valence electrons. The van der Waals surface area contributed by atoms with E-state index in [0.717, 1.165) is 6.42 Å². The van der Waals surface area contributed by atoms with Crippen LogP contribution in [-0.4, -0.2) is 29.5 Å². The molecular weight excluding hydrogens is 170 g/mol. The van der Waals surface area contributed by atoms with E-state index in [2.05, 4.69) is 0 Å². The molecule has 0 bridgehead atoms. The van der Waals surface area contributed by atoms with E-state index in [1.54, 1.807) is 6.92 Å². The molecule has 2 atom stereocenters. The number of rotatable bonds is 1. The van der Waals surface area contributed by atoms with Crippen LogP contribution in [0.1, 0.15) is 13.3 Å². The van der Waals surface area contributed by atoms with E-state index in [9.17, 15) is 9.59 Å². The summed E-state index contributed by atoms with van der Waals surface area (Å²) < 4.78 is 4.76. The molecule has 0 radical (unpaired) electrons. The summed E-state index contributed by atoms with van der Waals surface area (Å²) in [5, 5.41) is 0. The highest BCUT2D eigenvalue weighted by atomic mass is 16.6. The predicted octanol–water partition coefficient (Wildman–Crippen LogP) is 0.930. The van der Waals surface area contributed by atoms with Gasteiger partial charge in [-0.25, -0.2) is 9.69 Å². The van der Waals surface area contributed by atoms with Crippen molar-refractivity contribution in [3.63, 3.8) is 0 Å². The van der Waals surface area contributed by atoms with Gasteiger partial charge in [-0.1, -0.05) is 12.2 Å². The van der Waals surface area contributed by atoms with Gasteiger partial charge in [-0.15, -0.1) is 0 Å². The van der Waals surface area contributed by atoms with Crippen LogP contribution in [0.15, 0.2) is 12.2 Å². The van der Waals surface area contributed by atoms with Gasteiger partial charge >= 0.3 is 6.09 Å². The van der Waals surface area contributed by atoms with Crippen LogP contribution in [0.2, 0.25) is 0 Å². The minimum Gasteiger partial charge on any atom is -0.449 e. The van der Waals surface area contributed by atoms with Gasteiger partial charge in [0, 0.05) is 0 Å². The molecule has 1 aliphatic carbocycles. The molecule has 0 saturated carbocycles. The summed E-state index contributed by atoms with van der Waals surface area (Å²) >= 11 is 0. The van der Waals surface area contributed by atoms with E-state index < -0.39 is 6.09 Å². The fraction of sp³-hybridized carbons (Fsp3) is 0.556. The van der Waals surface area contributed by atoms with Gasteiger partial charge in [-0.2, -0.15) is 0 Å². The maximum atomic E-state index is 11.3. The molecule has 1 fully saturated rings. The third-order valence-electron chi connectivity index (χ3n) is 2.45. The van der Waals surface area contributed by atoms with E-state index in [1.165, 1.54) is 4.90 Å². The number of ether oxygens (including phenoxy) is 1. The number of hydrogen-bond donors (Lipinski definition) is 0. The Kier molecular flexibility index (Phi) is 1.83. The maximum Gasteiger partial charge on any atom is 0.417 e. The van der Waals surface area contributed by atoms with Gasteiger partial charge in [0.15, 0.2) is 0 Å². The molecule has 2 rings (SSSR count). The van der Waals surface area contributed by atoms with Gasteiger partial charge in [-0.05, 0) is 13.3 Å². The van der Waals surface area contributed by atoms with Crippen LogP contribution in [-0.2, 0) is 9.53 Å². The molecule has 0 aromatic carbocycles. The molecule has 1 saturated heterocycles. The fourth-order valence-electron chi connectivity index (χ4n) is 1.80. The number of allylic oxidation sites excluding steroid dienone is 1. The first-order chi connectivity index (χ1) is 6.25. The van der Waals surface area contributed by atoms with Crippen molar-refractivity contribution < 1.29 is 14.3 Å². The lowest BCUT2D eigenvalue weighted by molar-refractivity contribution is -0.148. The maximum absolute atomic E-state index is 11.3. The van der Waals surface area contributed by atoms with E-state index >= 15 is 0 Å². The largest absolute Gasteiger partial charge is 0.449 e. The molecule has 2 amide bonds. The van der Waals surface area contributed by atoms with Crippen molar-refractivity contribution in [2.75, 3.05) is 6.61 Å². The van der Waals surface area contributed by atoms with Crippen LogP contribution >= 0.6 is 0 Å². The second-order valence-corrected chi connectivity index (χ2v) is 3.17. The summed E-state index contributed by atoms with van der Waals surface area (Å²) in [6.45, 7) is 2.04. The number of β-lactam (4-membered cyclic amide) rings is 1. The number of nitrogens with zero attached hydrogens (tertiary/aromatic N) is 1. The average Bonchev–Trinajstić information content (AvgIpc) is 2.48. The van der Waals surface area contributed by atoms with E-state index in [1.807, 2.05) is 12.2 Å². The summed E-state index contributed by atoms with van der Waals surface area (Å²) in [6, 6.07) is -0.0356. The van der Waals surface area contributed by atoms with Gasteiger partial charge in [0.25, 0.3) is 0 Å². The minimum atomic E-state index is -0.514. The zero-order valence-corrected chi connectivity index (χ0v) is 7.40. The Morgan fingerprint density at radius 1 is 1.77 bits per heavy atom. The van der Waals surface area contributed by atoms with Crippen molar-refractivity contribution in [1.82, 2.24) is 4.90 Å². The topological polar surface area (TPSA) is 46.6 Å². The van der Waals surface area contributed by atoms with E-state index in [-0.39, 0.29) is 17.9 Å². The molecule has 0 aromatic heterocycles. The van der Waals surface area contributed by atoms with Crippen LogP contribution in [0.25, 0.3) is 0 Å². The van der Waals surface area contributed by atoms with Gasteiger partial charge < -0.3 is 4.74 Å². The second-order valence-electron chi connectivity index (χ2n) is 3.17. The van der Waals surface area contributed by atoms with Gasteiger partial charge in [0.1, 0.15) is 0 Å². The summed E-state index contributed by atoms with van der Waals surface area (Å²) in [5.74, 6) is -0.0992. The first kappa shape index (κ1) is 8.29. The van der Waals surface area contributed by atoms with Crippen LogP contribution in [0.3, 0.4) is 0 Å². The smallest absolute Gasteiger partial charge is 0.417 e. The quantitative estimate of drug-likeness (QED) is 0.446. The number of carbonyl (C=O) groups is 2. The van der Waals surface area contributed by atoms with Crippen molar-refractivity contribution in [3.8, 4) is 0 Å². The highest BCUT2D eigenvalue weighted by Gasteiger charge is 2.51. The van der Waals surface area contributed by atoms with Crippen molar-refractivity contribution in [2.45, 2.75) is 19.4 Å². The minimum absolute atomic E-state index is 0.00408.